The number of rotatable bonds is 2. The Hall–Kier alpha value is -0.550. The van der Waals surface area contributed by atoms with E-state index in [0.29, 0.717) is 5.57 Å². The van der Waals surface area contributed by atoms with Crippen molar-refractivity contribution in [3.63, 3.8) is 0 Å². The molecular weight excluding hydrogens is 178 g/mol. The van der Waals surface area contributed by atoms with E-state index in [4.69, 9.17) is 5.26 Å². The number of nitriles is 1. The molecule has 0 aromatic heterocycles. The Morgan fingerprint density at radius 1 is 1.89 bits per heavy atom. The molecule has 0 unspecified atom stereocenters. The van der Waals surface area contributed by atoms with Gasteiger partial charge >= 0.3 is 0 Å². The topological polar surface area (TPSA) is 23.8 Å². The van der Waals surface area contributed by atoms with Crippen molar-refractivity contribution in [2.45, 2.75) is 13.3 Å². The lowest BCUT2D eigenvalue weighted by Gasteiger charge is -1.87. The summed E-state index contributed by atoms with van der Waals surface area (Å²) in [4.78, 5) is 0. The highest BCUT2D eigenvalue weighted by Gasteiger charge is 1.86. The Morgan fingerprint density at radius 3 is 2.78 bits per heavy atom. The maximum Gasteiger partial charge on any atom is 0.0985 e. The van der Waals surface area contributed by atoms with Gasteiger partial charge in [0.1, 0.15) is 0 Å². The largest absolute Gasteiger partial charge is 0.192 e. The number of hydrogen-bond donors (Lipinski definition) is 0. The molecule has 0 saturated carbocycles. The average molecular weight is 186 g/mol. The summed E-state index contributed by atoms with van der Waals surface area (Å²) in [5, 5.41) is 8.26. The molecule has 0 aliphatic rings. The third-order valence-electron chi connectivity index (χ3n) is 0.812. The predicted molar refractivity (Wildman–Crippen MR) is 42.1 cm³/mol. The summed E-state index contributed by atoms with van der Waals surface area (Å²) in [6.07, 6.45) is 2.63. The molecule has 0 spiro atoms. The van der Waals surface area contributed by atoms with Crippen LogP contribution in [0, 0.1) is 11.3 Å². The van der Waals surface area contributed by atoms with Gasteiger partial charge in [-0.3, -0.25) is 0 Å². The van der Waals surface area contributed by atoms with Gasteiger partial charge < -0.3 is 0 Å². The first-order chi connectivity index (χ1) is 4.20. The van der Waals surface area contributed by atoms with E-state index in [0.717, 1.165) is 10.9 Å². The average Bonchev–Trinajstić information content (AvgIpc) is 1.87. The van der Waals surface area contributed by atoms with Crippen LogP contribution in [0.25, 0.3) is 0 Å². The Kier molecular flexibility index (Phi) is 4.08. The quantitative estimate of drug-likeness (QED) is 0.480. The van der Waals surface area contributed by atoms with Crippen LogP contribution < -0.4 is 0 Å². The van der Waals surface area contributed by atoms with E-state index in [2.05, 4.69) is 22.5 Å². The first-order valence-electron chi connectivity index (χ1n) is 2.65. The molecule has 0 bridgehead atoms. The molecule has 0 atom stereocenters. The summed E-state index contributed by atoms with van der Waals surface area (Å²) >= 11 is 3.27. The van der Waals surface area contributed by atoms with Gasteiger partial charge in [0, 0.05) is 5.57 Å². The molecular formula is C7H8BrN. The molecule has 48 valence electrons. The summed E-state index contributed by atoms with van der Waals surface area (Å²) < 4.78 is 1.01. The number of hydrogen-bond acceptors (Lipinski definition) is 1. The fourth-order valence-electron chi connectivity index (χ4n) is 0.323. The van der Waals surface area contributed by atoms with Crippen LogP contribution in [0.3, 0.4) is 0 Å². The third kappa shape index (κ3) is 3.99. The number of allylic oxidation sites excluding steroid dienone is 3. The second-order valence-corrected chi connectivity index (χ2v) is 2.60. The van der Waals surface area contributed by atoms with Crippen LogP contribution >= 0.6 is 15.9 Å². The van der Waals surface area contributed by atoms with Crippen LogP contribution in [-0.4, -0.2) is 0 Å². The summed E-state index contributed by atoms with van der Waals surface area (Å²) in [7, 11) is 0. The number of halogens is 1. The van der Waals surface area contributed by atoms with Crippen molar-refractivity contribution >= 4 is 15.9 Å². The normalized spacial score (nSPS) is 10.6. The minimum absolute atomic E-state index is 0.490. The van der Waals surface area contributed by atoms with Crippen LogP contribution in [0.2, 0.25) is 0 Å². The minimum Gasteiger partial charge on any atom is -0.192 e. The minimum atomic E-state index is 0.490. The van der Waals surface area contributed by atoms with E-state index in [1.165, 1.54) is 0 Å². The third-order valence-corrected chi connectivity index (χ3v) is 1.60. The van der Waals surface area contributed by atoms with Crippen molar-refractivity contribution in [2.24, 2.45) is 0 Å². The maximum absolute atomic E-state index is 8.26. The van der Waals surface area contributed by atoms with Crippen LogP contribution in [-0.2, 0) is 0 Å². The molecule has 0 aliphatic heterocycles. The van der Waals surface area contributed by atoms with Crippen LogP contribution in [0.15, 0.2) is 22.7 Å². The van der Waals surface area contributed by atoms with E-state index in [1.807, 2.05) is 13.0 Å². The lowest BCUT2D eigenvalue weighted by atomic mass is 10.3. The number of nitrogens with zero attached hydrogens (tertiary/aromatic N) is 1. The molecule has 2 heteroatoms. The van der Waals surface area contributed by atoms with Gasteiger partial charge in [-0.25, -0.2) is 0 Å². The van der Waals surface area contributed by atoms with E-state index in [1.54, 1.807) is 6.08 Å². The fraction of sp³-hybridized carbons (Fsp3) is 0.286. The molecule has 0 rings (SSSR count). The molecule has 0 saturated heterocycles. The van der Waals surface area contributed by atoms with Crippen LogP contribution in [0.1, 0.15) is 13.3 Å². The van der Waals surface area contributed by atoms with Crippen molar-refractivity contribution in [1.29, 1.82) is 5.26 Å². The molecule has 0 aliphatic carbocycles. The Morgan fingerprint density at radius 2 is 2.44 bits per heavy atom. The zero-order chi connectivity index (χ0) is 7.28. The van der Waals surface area contributed by atoms with Crippen molar-refractivity contribution in [2.75, 3.05) is 0 Å². The predicted octanol–water partition coefficient (Wildman–Crippen LogP) is 2.75. The molecule has 0 amide bonds. The zero-order valence-corrected chi connectivity index (χ0v) is 6.90. The van der Waals surface area contributed by atoms with E-state index in [9.17, 15) is 0 Å². The van der Waals surface area contributed by atoms with Crippen molar-refractivity contribution in [1.82, 2.24) is 0 Å². The molecule has 0 aromatic rings. The van der Waals surface area contributed by atoms with Crippen molar-refractivity contribution in [3.8, 4) is 6.07 Å². The monoisotopic (exact) mass is 185 g/mol. The van der Waals surface area contributed by atoms with Gasteiger partial charge in [0.05, 0.1) is 6.07 Å². The highest BCUT2D eigenvalue weighted by Crippen LogP contribution is 2.10. The van der Waals surface area contributed by atoms with E-state index >= 15 is 0 Å². The smallest absolute Gasteiger partial charge is 0.0985 e. The fourth-order valence-corrected chi connectivity index (χ4v) is 0.600. The summed E-state index contributed by atoms with van der Waals surface area (Å²) in [6, 6.07) is 1.93. The Balaban J connectivity index is 3.99. The second kappa shape index (κ2) is 4.34. The van der Waals surface area contributed by atoms with Crippen molar-refractivity contribution in [3.05, 3.63) is 22.7 Å². The molecule has 1 nitrogen and oxygen atoms in total. The lowest BCUT2D eigenvalue weighted by molar-refractivity contribution is 1.20. The van der Waals surface area contributed by atoms with E-state index in [-0.39, 0.29) is 0 Å². The lowest BCUT2D eigenvalue weighted by Crippen LogP contribution is -1.69. The molecule has 9 heavy (non-hydrogen) atoms. The van der Waals surface area contributed by atoms with E-state index < -0.39 is 0 Å². The van der Waals surface area contributed by atoms with Gasteiger partial charge in [-0.05, 0) is 17.0 Å². The maximum atomic E-state index is 8.26. The molecule has 0 radical (unpaired) electrons. The van der Waals surface area contributed by atoms with Crippen LogP contribution in [0.4, 0.5) is 0 Å². The first kappa shape index (κ1) is 8.45. The van der Waals surface area contributed by atoms with Gasteiger partial charge in [-0.2, -0.15) is 5.26 Å². The zero-order valence-electron chi connectivity index (χ0n) is 5.32. The van der Waals surface area contributed by atoms with Gasteiger partial charge in [-0.1, -0.05) is 29.4 Å². The Labute approximate surface area is 63.8 Å². The molecule has 0 fully saturated rings. The van der Waals surface area contributed by atoms with Crippen LogP contribution in [0.5, 0.6) is 0 Å². The highest BCUT2D eigenvalue weighted by molar-refractivity contribution is 9.11. The SMILES string of the molecule is C=C(C#N)/C=C(/Br)CC. The van der Waals surface area contributed by atoms with Crippen molar-refractivity contribution < 1.29 is 0 Å². The van der Waals surface area contributed by atoms with Gasteiger partial charge in [0.25, 0.3) is 0 Å². The van der Waals surface area contributed by atoms with Gasteiger partial charge in [-0.15, -0.1) is 0 Å². The standard InChI is InChI=1S/C7H8BrN/c1-3-7(8)4-6(2)5-9/h4H,2-3H2,1H3/b7-4+. The summed E-state index contributed by atoms with van der Waals surface area (Å²) in [5.41, 5.74) is 0.490. The van der Waals surface area contributed by atoms with Gasteiger partial charge in [0.2, 0.25) is 0 Å². The van der Waals surface area contributed by atoms with Gasteiger partial charge in [0.15, 0.2) is 0 Å². The highest BCUT2D eigenvalue weighted by atomic mass is 79.9. The molecule has 0 N–H and O–H groups in total. The first-order valence-corrected chi connectivity index (χ1v) is 3.45. The molecule has 0 aromatic carbocycles. The Bertz CT molecular complexity index is 174. The summed E-state index contributed by atoms with van der Waals surface area (Å²) in [5.74, 6) is 0. The second-order valence-electron chi connectivity index (χ2n) is 1.58. The molecule has 0 heterocycles. The summed E-state index contributed by atoms with van der Waals surface area (Å²) in [6.45, 7) is 5.50.